The van der Waals surface area contributed by atoms with Gasteiger partial charge in [-0.15, -0.1) is 11.3 Å². The topological polar surface area (TPSA) is 216 Å². The first-order valence-corrected chi connectivity index (χ1v) is 19.7. The Bertz CT molecular complexity index is 2060. The molecule has 2 saturated heterocycles. The second-order valence-electron chi connectivity index (χ2n) is 13.3. The van der Waals surface area contributed by atoms with E-state index >= 15 is 0 Å². The van der Waals surface area contributed by atoms with Gasteiger partial charge < -0.3 is 38.2 Å². The fourth-order valence-electron chi connectivity index (χ4n) is 6.10. The number of anilines is 2. The van der Waals surface area contributed by atoms with Crippen molar-refractivity contribution in [1.82, 2.24) is 30.4 Å². The van der Waals surface area contributed by atoms with Crippen LogP contribution in [0.15, 0.2) is 36.8 Å². The monoisotopic (exact) mass is 822 g/mol. The molecule has 1 amide bonds. The summed E-state index contributed by atoms with van der Waals surface area (Å²) in [7, 11) is 3.39. The quantitative estimate of drug-likeness (QED) is 0.103. The van der Waals surface area contributed by atoms with Crippen LogP contribution in [0.1, 0.15) is 62.2 Å². The number of esters is 3. The number of pyridine rings is 1. The van der Waals surface area contributed by atoms with Crippen LogP contribution in [-0.2, 0) is 49.5 Å². The predicted octanol–water partition coefficient (Wildman–Crippen LogP) is 3.40. The third-order valence-corrected chi connectivity index (χ3v) is 10.3. The summed E-state index contributed by atoms with van der Waals surface area (Å²) in [6.45, 7) is 9.37. The molecule has 4 aromatic heterocycles. The second kappa shape index (κ2) is 19.2. The minimum atomic E-state index is -1.44. The molecule has 0 aliphatic carbocycles. The number of fused-ring (bicyclic) bond motifs is 1. The highest BCUT2D eigenvalue weighted by molar-refractivity contribution is 7.19. The number of hydrogen-bond acceptors (Lipinski definition) is 19. The average Bonchev–Trinajstić information content (AvgIpc) is 3.66. The van der Waals surface area contributed by atoms with Gasteiger partial charge in [-0.3, -0.25) is 19.2 Å². The number of morpholine rings is 1. The van der Waals surface area contributed by atoms with E-state index in [9.17, 15) is 19.2 Å². The zero-order chi connectivity index (χ0) is 41.3. The Morgan fingerprint density at radius 2 is 1.55 bits per heavy atom. The number of aromatic nitrogens is 5. The van der Waals surface area contributed by atoms with Gasteiger partial charge in [0.25, 0.3) is 5.91 Å². The summed E-state index contributed by atoms with van der Waals surface area (Å²) < 4.78 is 34.3. The largest absolute Gasteiger partial charge is 0.481 e. The SMILES string of the molecule is CCC(=O)O[C@H]1[C@H](OC(=O)CC)[C@H](ONC(=O)c2cnc(N(C)Cc3cc4nc(-c5ccc(OC)nc5)nc(N5CCOCC5)c4s3)nc2)O[C@@H](C)[C@H]1OC(=O)CC. The van der Waals surface area contributed by atoms with Crippen LogP contribution in [0, 0.1) is 0 Å². The molecule has 310 valence electrons. The van der Waals surface area contributed by atoms with E-state index in [4.69, 9.17) is 43.2 Å². The fourth-order valence-corrected chi connectivity index (χ4v) is 7.27. The van der Waals surface area contributed by atoms with E-state index in [1.165, 1.54) is 12.4 Å². The molecule has 6 heterocycles. The molecule has 0 radical (unpaired) electrons. The number of hydroxylamine groups is 1. The molecule has 19 nitrogen and oxygen atoms in total. The van der Waals surface area contributed by atoms with Crippen molar-refractivity contribution < 1.29 is 52.4 Å². The maximum absolute atomic E-state index is 13.2. The van der Waals surface area contributed by atoms with Crippen molar-refractivity contribution in [1.29, 1.82) is 0 Å². The number of carbonyl (C=O) groups is 4. The molecule has 4 aromatic rings. The molecule has 0 unspecified atom stereocenters. The maximum Gasteiger partial charge on any atom is 0.306 e. The van der Waals surface area contributed by atoms with Crippen LogP contribution in [0.5, 0.6) is 5.88 Å². The van der Waals surface area contributed by atoms with Crippen LogP contribution in [0.3, 0.4) is 0 Å². The number of thiophene rings is 1. The molecular weight excluding hydrogens is 777 g/mol. The van der Waals surface area contributed by atoms with Gasteiger partial charge in [0.1, 0.15) is 0 Å². The molecule has 1 N–H and O–H groups in total. The number of rotatable bonds is 15. The molecule has 0 bridgehead atoms. The number of methoxy groups -OCH3 is 1. The van der Waals surface area contributed by atoms with Crippen LogP contribution in [0.25, 0.3) is 21.6 Å². The maximum atomic E-state index is 13.2. The highest BCUT2D eigenvalue weighted by Gasteiger charge is 2.52. The van der Waals surface area contributed by atoms with Crippen molar-refractivity contribution in [3.8, 4) is 17.3 Å². The van der Waals surface area contributed by atoms with Gasteiger partial charge in [-0.25, -0.2) is 35.2 Å². The van der Waals surface area contributed by atoms with Crippen LogP contribution in [0.4, 0.5) is 11.8 Å². The van der Waals surface area contributed by atoms with Gasteiger partial charge in [0.2, 0.25) is 18.1 Å². The Morgan fingerprint density at radius 1 is 0.897 bits per heavy atom. The van der Waals surface area contributed by atoms with E-state index in [0.717, 1.165) is 26.5 Å². The lowest BCUT2D eigenvalue weighted by molar-refractivity contribution is -0.310. The summed E-state index contributed by atoms with van der Waals surface area (Å²) in [6.07, 6.45) is -1.72. The van der Waals surface area contributed by atoms with E-state index in [0.29, 0.717) is 50.5 Å². The number of nitrogens with one attached hydrogen (secondary N) is 1. The van der Waals surface area contributed by atoms with E-state index in [-0.39, 0.29) is 24.8 Å². The molecule has 58 heavy (non-hydrogen) atoms. The lowest BCUT2D eigenvalue weighted by Gasteiger charge is -2.43. The zero-order valence-corrected chi connectivity index (χ0v) is 33.9. The van der Waals surface area contributed by atoms with Crippen LogP contribution < -0.4 is 20.0 Å². The smallest absolute Gasteiger partial charge is 0.306 e. The van der Waals surface area contributed by atoms with Gasteiger partial charge >= 0.3 is 17.9 Å². The van der Waals surface area contributed by atoms with Gasteiger partial charge in [0, 0.05) is 74.5 Å². The first kappa shape index (κ1) is 42.0. The van der Waals surface area contributed by atoms with Gasteiger partial charge in [-0.2, -0.15) is 0 Å². The van der Waals surface area contributed by atoms with Crippen molar-refractivity contribution in [2.45, 2.75) is 84.2 Å². The second-order valence-corrected chi connectivity index (χ2v) is 14.4. The lowest BCUT2D eigenvalue weighted by Crippen LogP contribution is -2.62. The van der Waals surface area contributed by atoms with Crippen molar-refractivity contribution in [2.24, 2.45) is 0 Å². The molecular formula is C38H46N8O11S. The first-order valence-electron chi connectivity index (χ1n) is 18.9. The normalized spacial score (nSPS) is 20.6. The van der Waals surface area contributed by atoms with Crippen molar-refractivity contribution >= 4 is 57.1 Å². The molecule has 2 fully saturated rings. The molecule has 2 aliphatic rings. The molecule has 20 heteroatoms. The number of carbonyl (C=O) groups excluding carboxylic acids is 4. The minimum absolute atomic E-state index is 0.00100. The number of nitrogens with zero attached hydrogens (tertiary/aromatic N) is 7. The number of amides is 1. The Balaban J connectivity index is 1.15. The predicted molar refractivity (Wildman–Crippen MR) is 208 cm³/mol. The summed E-state index contributed by atoms with van der Waals surface area (Å²) in [5.74, 6) is -0.374. The van der Waals surface area contributed by atoms with Crippen molar-refractivity contribution in [3.63, 3.8) is 0 Å². The third-order valence-electron chi connectivity index (χ3n) is 9.22. The molecule has 0 aromatic carbocycles. The Labute approximate surface area is 338 Å². The first-order chi connectivity index (χ1) is 28.0. The Kier molecular flexibility index (Phi) is 14.0. The summed E-state index contributed by atoms with van der Waals surface area (Å²) in [5.41, 5.74) is 3.90. The Hall–Kier alpha value is -5.57. The molecule has 2 aliphatic heterocycles. The number of ether oxygens (including phenoxy) is 6. The average molecular weight is 823 g/mol. The summed E-state index contributed by atoms with van der Waals surface area (Å²) in [5, 5.41) is 0. The summed E-state index contributed by atoms with van der Waals surface area (Å²) in [4.78, 5) is 84.0. The van der Waals surface area contributed by atoms with Gasteiger partial charge in [0.15, 0.2) is 30.0 Å². The molecule has 0 spiro atoms. The molecule has 0 saturated carbocycles. The number of hydrogen-bond donors (Lipinski definition) is 1. The van der Waals surface area contributed by atoms with E-state index in [2.05, 4.69) is 25.3 Å². The standard InChI is InChI=1S/C38H46N8O11S/c1-7-27(47)54-30-21(4)53-37(32(56-29(49)9-3)31(30)55-28(48)8-2)57-44-36(50)23-18-40-38(41-19-23)45(5)20-24-16-25-33(58-24)35(46-12-14-52-15-13-46)43-34(42-25)22-10-11-26(51-6)39-17-22/h10-11,16-19,21,30-32,37H,7-9,12-15,20H2,1-6H3,(H,44,50)/t21-,30+,31+,32-,37-/m0/s1. The van der Waals surface area contributed by atoms with E-state index in [1.54, 1.807) is 58.4 Å². The zero-order valence-electron chi connectivity index (χ0n) is 33.0. The van der Waals surface area contributed by atoms with Crippen LogP contribution in [0.2, 0.25) is 0 Å². The minimum Gasteiger partial charge on any atom is -0.481 e. The summed E-state index contributed by atoms with van der Waals surface area (Å²) >= 11 is 1.58. The highest BCUT2D eigenvalue weighted by Crippen LogP contribution is 2.35. The van der Waals surface area contributed by atoms with Crippen LogP contribution >= 0.6 is 11.3 Å². The summed E-state index contributed by atoms with van der Waals surface area (Å²) in [6, 6.07) is 5.67. The van der Waals surface area contributed by atoms with Gasteiger partial charge in [-0.1, -0.05) is 20.8 Å². The highest BCUT2D eigenvalue weighted by atomic mass is 32.1. The van der Waals surface area contributed by atoms with E-state index < -0.39 is 54.5 Å². The fraction of sp³-hybridized carbons (Fsp3) is 0.500. The molecule has 5 atom stereocenters. The Morgan fingerprint density at radius 3 is 2.17 bits per heavy atom. The van der Waals surface area contributed by atoms with E-state index in [1.807, 2.05) is 24.1 Å². The van der Waals surface area contributed by atoms with Gasteiger partial charge in [0.05, 0.1) is 48.8 Å². The van der Waals surface area contributed by atoms with Crippen LogP contribution in [-0.4, -0.2) is 120 Å². The molecule has 6 rings (SSSR count). The van der Waals surface area contributed by atoms with Crippen molar-refractivity contribution in [3.05, 3.63) is 47.2 Å². The third kappa shape index (κ3) is 9.92. The van der Waals surface area contributed by atoms with Gasteiger partial charge in [-0.05, 0) is 19.1 Å². The van der Waals surface area contributed by atoms with Crippen molar-refractivity contribution in [2.75, 3.05) is 50.3 Å². The lowest BCUT2D eigenvalue weighted by atomic mass is 9.99.